The summed E-state index contributed by atoms with van der Waals surface area (Å²) in [5, 5.41) is 0. The Hall–Kier alpha value is 2.79. The molecule has 0 aromatic heterocycles. The van der Waals surface area contributed by atoms with Crippen LogP contribution < -0.4 is 9.79 Å². The van der Waals surface area contributed by atoms with Crippen LogP contribution in [0.25, 0.3) is 0 Å². The molecule has 0 radical (unpaired) electrons. The first-order valence-electron chi connectivity index (χ1n) is 13.1. The molecule has 0 saturated carbocycles. The average Bonchev–Trinajstić information content (AvgIpc) is 2.73. The molecule has 0 saturated heterocycles. The van der Waals surface area contributed by atoms with E-state index in [2.05, 4.69) is 65.6 Å². The molecule has 0 aliphatic rings. The van der Waals surface area contributed by atoms with Gasteiger partial charge in [0.2, 0.25) is 0 Å². The van der Waals surface area contributed by atoms with Crippen LogP contribution >= 0.6 is 5.69 Å². The molecule has 0 spiro atoms. The Morgan fingerprint density at radius 3 is 0.906 bits per heavy atom. The van der Waals surface area contributed by atoms with E-state index in [9.17, 15) is 9.79 Å². The van der Waals surface area contributed by atoms with Gasteiger partial charge in [0.15, 0.2) is 0 Å². The van der Waals surface area contributed by atoms with E-state index in [0.717, 1.165) is 13.5 Å². The van der Waals surface area contributed by atoms with E-state index in [0.29, 0.717) is 0 Å². The summed E-state index contributed by atoms with van der Waals surface area (Å²) in [4.78, 5) is 18.6. The summed E-state index contributed by atoms with van der Waals surface area (Å²) in [5.74, 6) is 0. The zero-order valence-corrected chi connectivity index (χ0v) is 34.0. The predicted octanol–water partition coefficient (Wildman–Crippen LogP) is 8.41. The van der Waals surface area contributed by atoms with Crippen LogP contribution in [0.3, 0.4) is 0 Å². The van der Waals surface area contributed by atoms with Gasteiger partial charge in [-0.3, -0.25) is 0 Å². The zero-order valence-electron chi connectivity index (χ0n) is 22.5. The Morgan fingerprint density at radius 1 is 0.594 bits per heavy atom. The van der Waals surface area contributed by atoms with Gasteiger partial charge < -0.3 is 27.7 Å². The van der Waals surface area contributed by atoms with Crippen molar-refractivity contribution in [3.05, 3.63) is 0 Å². The van der Waals surface area contributed by atoms with Crippen LogP contribution in [0, 0.1) is 0 Å². The van der Waals surface area contributed by atoms with Crippen LogP contribution in [0.4, 0.5) is 0 Å². The second-order valence-electron chi connectivity index (χ2n) is 8.76. The smallest absolute Gasteiger partial charge is 0.160 e. The summed E-state index contributed by atoms with van der Waals surface area (Å²) in [6.45, 7) is 13.7. The molecule has 0 amide bonds. The maximum atomic E-state index is 9.29. The second-order valence-corrected chi connectivity index (χ2v) is 20.5. The van der Waals surface area contributed by atoms with Gasteiger partial charge in [-0.05, 0) is 0 Å². The summed E-state index contributed by atoms with van der Waals surface area (Å²) in [6, 6.07) is 0. The van der Waals surface area contributed by atoms with Crippen molar-refractivity contribution in [2.75, 3.05) is 0 Å². The van der Waals surface area contributed by atoms with Crippen molar-refractivity contribution in [1.29, 1.82) is 0 Å². The van der Waals surface area contributed by atoms with Gasteiger partial charge in [0.1, 0.15) is 0 Å². The van der Waals surface area contributed by atoms with Crippen LogP contribution in [0.1, 0.15) is 138 Å². The Morgan fingerprint density at radius 2 is 0.781 bits per heavy atom. The van der Waals surface area contributed by atoms with E-state index in [1.54, 1.807) is 0 Å². The molecule has 32 heavy (non-hydrogen) atoms. The fourth-order valence-corrected chi connectivity index (χ4v) is 4.48. The van der Waals surface area contributed by atoms with Crippen LogP contribution in [-0.4, -0.2) is 0 Å². The molecule has 8 heteroatoms. The molecular weight excluding hydrogens is 612 g/mol. The summed E-state index contributed by atoms with van der Waals surface area (Å²) in [6.07, 6.45) is 21.5. The van der Waals surface area contributed by atoms with Crippen LogP contribution in [0.15, 0.2) is 0 Å². The minimum atomic E-state index is -3.72. The molecule has 0 bridgehead atoms. The molecule has 0 aromatic rings. The molecule has 0 aliphatic carbocycles. The maximum absolute atomic E-state index is 9.29. The number of rotatable bonds is 15. The van der Waals surface area contributed by atoms with Crippen molar-refractivity contribution in [3.63, 3.8) is 0 Å². The van der Waals surface area contributed by atoms with Crippen LogP contribution in [0.2, 0.25) is 13.5 Å². The molecule has 0 rings (SSSR count). The van der Waals surface area contributed by atoms with Crippen LogP contribution in [-0.2, 0) is 79.0 Å². The molecule has 3 atom stereocenters. The van der Waals surface area contributed by atoms with E-state index in [1.165, 1.54) is 151 Å². The van der Waals surface area contributed by atoms with Crippen molar-refractivity contribution >= 4 is 29.7 Å². The third-order valence-electron chi connectivity index (χ3n) is 5.38. The monoisotopic (exact) mass is 658 g/mol. The third kappa shape index (κ3) is 58.6. The minimum Gasteiger partial charge on any atom is -0.850 e. The Balaban J connectivity index is -0.000000167. The van der Waals surface area contributed by atoms with Gasteiger partial charge in [-0.1, -0.05) is 0 Å². The Bertz CT molecular complexity index is 329. The first-order valence-corrected chi connectivity index (χ1v) is 21.9. The summed E-state index contributed by atoms with van der Waals surface area (Å²) in [5.41, 5.74) is -3.72. The molecular formula is C24H51O2PS2Zn3. The van der Waals surface area contributed by atoms with Gasteiger partial charge >= 0.3 is 206 Å². The quantitative estimate of drug-likeness (QED) is 0.0765. The van der Waals surface area contributed by atoms with Crippen molar-refractivity contribution in [2.45, 2.75) is 151 Å². The number of unbranched alkanes of at least 4 members (excludes halogenated alkanes) is 6. The third-order valence-corrected chi connectivity index (χ3v) is 11.6. The van der Waals surface area contributed by atoms with E-state index in [1.807, 2.05) is 0 Å². The Labute approximate surface area is 243 Å². The minimum absolute atomic E-state index is 1.08. The predicted molar refractivity (Wildman–Crippen MR) is 136 cm³/mol. The number of hydrogen-bond acceptors (Lipinski definition) is 4. The molecule has 0 N–H and O–H groups in total. The Kier molecular flexibility index (Phi) is 44.2. The summed E-state index contributed by atoms with van der Waals surface area (Å²) >= 11 is 11.8. The average molecular weight is 663 g/mol. The van der Waals surface area contributed by atoms with Gasteiger partial charge in [0, 0.05) is 0 Å². The molecule has 0 heterocycles. The van der Waals surface area contributed by atoms with Gasteiger partial charge in [0.25, 0.3) is 0 Å². The SMILES string of the molecule is CCCCC[CH]([Zn+])CC.CCCCC[CH]([Zn+])CC.CCCCC[CH]([Zn+])CC.[O-]P([O-])(=S)[S-]. The normalized spacial score (nSPS) is 13.5. The van der Waals surface area contributed by atoms with Crippen molar-refractivity contribution in [1.82, 2.24) is 0 Å². The number of hydrogen-bond donors (Lipinski definition) is 0. The first kappa shape index (κ1) is 41.9. The maximum Gasteiger partial charge on any atom is -0.160 e. The second kappa shape index (κ2) is 33.8. The van der Waals surface area contributed by atoms with E-state index in [-0.39, 0.29) is 0 Å². The fourth-order valence-electron chi connectivity index (χ4n) is 2.66. The van der Waals surface area contributed by atoms with Gasteiger partial charge in [-0.2, -0.15) is 11.8 Å². The first-order chi connectivity index (χ1) is 14.9. The van der Waals surface area contributed by atoms with Gasteiger partial charge in [-0.15, -0.1) is 0 Å². The topological polar surface area (TPSA) is 46.1 Å². The van der Waals surface area contributed by atoms with Crippen molar-refractivity contribution in [2.24, 2.45) is 0 Å². The van der Waals surface area contributed by atoms with E-state index >= 15 is 0 Å². The van der Waals surface area contributed by atoms with E-state index < -0.39 is 5.69 Å². The zero-order chi connectivity index (χ0) is 25.8. The molecule has 0 aromatic carbocycles. The van der Waals surface area contributed by atoms with Crippen molar-refractivity contribution < 1.29 is 64.7 Å². The molecule has 0 fully saturated rings. The largest absolute Gasteiger partial charge is 0.850 e. The summed E-state index contributed by atoms with van der Waals surface area (Å²) < 4.78 is 3.24. The molecule has 0 aliphatic heterocycles. The molecule has 182 valence electrons. The fraction of sp³-hybridized carbons (Fsp3) is 1.00. The van der Waals surface area contributed by atoms with Gasteiger partial charge in [0.05, 0.1) is 0 Å². The standard InChI is InChI=1S/3C8H17.H3O2PS2.3Zn/c3*1-3-5-7-8-6-4-2;1-3(2,4)5;;;/h3*5H,3-4,6-8H2,1-2H3;(H3,1,2,4,5);;;/q;;;;3*+1/p-3. The van der Waals surface area contributed by atoms with Crippen LogP contribution in [0.5, 0.6) is 0 Å². The van der Waals surface area contributed by atoms with Crippen molar-refractivity contribution in [3.8, 4) is 0 Å². The molecule has 2 nitrogen and oxygen atoms in total. The van der Waals surface area contributed by atoms with E-state index in [4.69, 9.17) is 0 Å². The summed E-state index contributed by atoms with van der Waals surface area (Å²) in [7, 11) is 0. The van der Waals surface area contributed by atoms with Gasteiger partial charge in [-0.25, -0.2) is 0 Å². The molecule has 3 unspecified atom stereocenters.